The summed E-state index contributed by atoms with van der Waals surface area (Å²) in [4.78, 5) is 23.5. The molecule has 0 radical (unpaired) electrons. The monoisotopic (exact) mass is 323 g/mol. The first-order chi connectivity index (χ1) is 11.5. The van der Waals surface area contributed by atoms with Crippen LogP contribution in [0.25, 0.3) is 0 Å². The SMILES string of the molecule is Cc1ccc(OC(=O)CCC(=O)Oc2ccc(C#N)cc2)cc1C. The molecule has 0 saturated heterocycles. The first-order valence-electron chi connectivity index (χ1n) is 7.46. The molecular formula is C19H17NO4. The second-order valence-electron chi connectivity index (χ2n) is 5.33. The van der Waals surface area contributed by atoms with Gasteiger partial charge in [0.1, 0.15) is 11.5 Å². The zero-order valence-electron chi connectivity index (χ0n) is 13.5. The van der Waals surface area contributed by atoms with Crippen molar-refractivity contribution in [2.45, 2.75) is 26.7 Å². The molecule has 0 N–H and O–H groups in total. The molecule has 5 heteroatoms. The van der Waals surface area contributed by atoms with Crippen molar-refractivity contribution < 1.29 is 19.1 Å². The Morgan fingerprint density at radius 2 is 1.42 bits per heavy atom. The predicted molar refractivity (Wildman–Crippen MR) is 87.6 cm³/mol. The third-order valence-corrected chi connectivity index (χ3v) is 3.46. The summed E-state index contributed by atoms with van der Waals surface area (Å²) in [5.74, 6) is -0.225. The van der Waals surface area contributed by atoms with Crippen molar-refractivity contribution in [3.05, 3.63) is 59.2 Å². The Labute approximate surface area is 140 Å². The molecule has 0 atom stereocenters. The minimum Gasteiger partial charge on any atom is -0.427 e. The zero-order valence-corrected chi connectivity index (χ0v) is 13.5. The quantitative estimate of drug-likeness (QED) is 0.622. The van der Waals surface area contributed by atoms with Gasteiger partial charge in [-0.2, -0.15) is 5.26 Å². The summed E-state index contributed by atoms with van der Waals surface area (Å²) in [6, 6.07) is 13.5. The number of esters is 2. The van der Waals surface area contributed by atoms with Gasteiger partial charge < -0.3 is 9.47 Å². The molecule has 0 aliphatic carbocycles. The Bertz CT molecular complexity index is 788. The van der Waals surface area contributed by atoms with Gasteiger partial charge in [0.05, 0.1) is 24.5 Å². The second-order valence-corrected chi connectivity index (χ2v) is 5.33. The highest BCUT2D eigenvalue weighted by Gasteiger charge is 2.11. The lowest BCUT2D eigenvalue weighted by atomic mass is 10.1. The van der Waals surface area contributed by atoms with Gasteiger partial charge in [0.25, 0.3) is 0 Å². The summed E-state index contributed by atoms with van der Waals surface area (Å²) in [7, 11) is 0. The minimum absolute atomic E-state index is 0.0674. The highest BCUT2D eigenvalue weighted by molar-refractivity contribution is 5.80. The van der Waals surface area contributed by atoms with Gasteiger partial charge in [-0.3, -0.25) is 9.59 Å². The first kappa shape index (κ1) is 17.2. The van der Waals surface area contributed by atoms with Crippen molar-refractivity contribution in [2.24, 2.45) is 0 Å². The first-order valence-corrected chi connectivity index (χ1v) is 7.46. The van der Waals surface area contributed by atoms with Gasteiger partial charge in [0.15, 0.2) is 0 Å². The normalized spacial score (nSPS) is 9.88. The lowest BCUT2D eigenvalue weighted by Crippen LogP contribution is -2.14. The Morgan fingerprint density at radius 3 is 1.96 bits per heavy atom. The Morgan fingerprint density at radius 1 is 0.875 bits per heavy atom. The molecule has 122 valence electrons. The third-order valence-electron chi connectivity index (χ3n) is 3.46. The van der Waals surface area contributed by atoms with E-state index in [1.165, 1.54) is 12.1 Å². The van der Waals surface area contributed by atoms with Crippen LogP contribution in [0, 0.1) is 25.2 Å². The summed E-state index contributed by atoms with van der Waals surface area (Å²) in [6.45, 7) is 3.90. The van der Waals surface area contributed by atoms with Gasteiger partial charge in [-0.05, 0) is 61.4 Å². The van der Waals surface area contributed by atoms with Crippen LogP contribution in [-0.4, -0.2) is 11.9 Å². The molecule has 0 aromatic heterocycles. The molecule has 2 aromatic rings. The van der Waals surface area contributed by atoms with Crippen LogP contribution in [0.15, 0.2) is 42.5 Å². The van der Waals surface area contributed by atoms with Crippen molar-refractivity contribution in [2.75, 3.05) is 0 Å². The van der Waals surface area contributed by atoms with E-state index in [1.54, 1.807) is 24.3 Å². The standard InChI is InChI=1S/C19H17NO4/c1-13-3-6-17(11-14(13)2)24-19(22)10-9-18(21)23-16-7-4-15(12-20)5-8-16/h3-8,11H,9-10H2,1-2H3. The Kier molecular flexibility index (Phi) is 5.69. The molecule has 0 aliphatic heterocycles. The number of rotatable bonds is 5. The van der Waals surface area contributed by atoms with Crippen molar-refractivity contribution in [3.63, 3.8) is 0 Å². The average Bonchev–Trinajstić information content (AvgIpc) is 2.57. The molecule has 0 spiro atoms. The number of carbonyl (C=O) groups excluding carboxylic acids is 2. The number of aryl methyl sites for hydroxylation is 2. The van der Waals surface area contributed by atoms with E-state index in [9.17, 15) is 9.59 Å². The topological polar surface area (TPSA) is 76.4 Å². The van der Waals surface area contributed by atoms with Crippen LogP contribution in [0.5, 0.6) is 11.5 Å². The smallest absolute Gasteiger partial charge is 0.311 e. The Hall–Kier alpha value is -3.13. The van der Waals surface area contributed by atoms with Crippen molar-refractivity contribution >= 4 is 11.9 Å². The zero-order chi connectivity index (χ0) is 17.5. The molecule has 0 unspecified atom stereocenters. The lowest BCUT2D eigenvalue weighted by Gasteiger charge is -2.07. The fourth-order valence-electron chi connectivity index (χ4n) is 1.94. The summed E-state index contributed by atoms with van der Waals surface area (Å²) in [5, 5.41) is 8.70. The molecule has 5 nitrogen and oxygen atoms in total. The summed E-state index contributed by atoms with van der Waals surface area (Å²) in [5.41, 5.74) is 2.62. The lowest BCUT2D eigenvalue weighted by molar-refractivity contribution is -0.140. The molecule has 0 amide bonds. The number of nitrogens with zero attached hydrogens (tertiary/aromatic N) is 1. The average molecular weight is 323 g/mol. The summed E-state index contributed by atoms with van der Waals surface area (Å²) in [6.07, 6.45) is -0.147. The maximum atomic E-state index is 11.8. The number of ether oxygens (including phenoxy) is 2. The fourth-order valence-corrected chi connectivity index (χ4v) is 1.94. The van der Waals surface area contributed by atoms with Gasteiger partial charge in [0, 0.05) is 0 Å². The van der Waals surface area contributed by atoms with Crippen LogP contribution in [-0.2, 0) is 9.59 Å². The van der Waals surface area contributed by atoms with Crippen LogP contribution in [0.4, 0.5) is 0 Å². The van der Waals surface area contributed by atoms with E-state index in [0.29, 0.717) is 17.1 Å². The fraction of sp³-hybridized carbons (Fsp3) is 0.211. The van der Waals surface area contributed by atoms with Crippen LogP contribution < -0.4 is 9.47 Å². The van der Waals surface area contributed by atoms with Crippen LogP contribution in [0.2, 0.25) is 0 Å². The van der Waals surface area contributed by atoms with E-state index in [-0.39, 0.29) is 12.8 Å². The van der Waals surface area contributed by atoms with E-state index < -0.39 is 11.9 Å². The highest BCUT2D eigenvalue weighted by Crippen LogP contribution is 2.17. The van der Waals surface area contributed by atoms with Crippen LogP contribution in [0.3, 0.4) is 0 Å². The molecular weight excluding hydrogens is 306 g/mol. The molecule has 0 heterocycles. The van der Waals surface area contributed by atoms with E-state index in [0.717, 1.165) is 11.1 Å². The Balaban J connectivity index is 1.81. The molecule has 24 heavy (non-hydrogen) atoms. The maximum Gasteiger partial charge on any atom is 0.311 e. The molecule has 0 fully saturated rings. The number of benzene rings is 2. The van der Waals surface area contributed by atoms with Gasteiger partial charge >= 0.3 is 11.9 Å². The summed E-state index contributed by atoms with van der Waals surface area (Å²) >= 11 is 0. The molecule has 2 aromatic carbocycles. The number of hydrogen-bond donors (Lipinski definition) is 0. The third kappa shape index (κ3) is 4.96. The van der Waals surface area contributed by atoms with Crippen LogP contribution >= 0.6 is 0 Å². The molecule has 0 bridgehead atoms. The number of hydrogen-bond acceptors (Lipinski definition) is 5. The van der Waals surface area contributed by atoms with E-state index in [4.69, 9.17) is 14.7 Å². The largest absolute Gasteiger partial charge is 0.427 e. The minimum atomic E-state index is -0.531. The van der Waals surface area contributed by atoms with Gasteiger partial charge in [-0.1, -0.05) is 6.07 Å². The molecule has 0 saturated carbocycles. The predicted octanol–water partition coefficient (Wildman–Crippen LogP) is 3.47. The van der Waals surface area contributed by atoms with Crippen molar-refractivity contribution in [1.29, 1.82) is 5.26 Å². The molecule has 2 rings (SSSR count). The van der Waals surface area contributed by atoms with E-state index in [2.05, 4.69) is 0 Å². The highest BCUT2D eigenvalue weighted by atomic mass is 16.5. The van der Waals surface area contributed by atoms with Gasteiger partial charge in [-0.15, -0.1) is 0 Å². The van der Waals surface area contributed by atoms with Crippen molar-refractivity contribution in [1.82, 2.24) is 0 Å². The summed E-state index contributed by atoms with van der Waals surface area (Å²) < 4.78 is 10.3. The van der Waals surface area contributed by atoms with Crippen LogP contribution in [0.1, 0.15) is 29.5 Å². The number of carbonyl (C=O) groups is 2. The molecule has 0 aliphatic rings. The van der Waals surface area contributed by atoms with Gasteiger partial charge in [-0.25, -0.2) is 0 Å². The van der Waals surface area contributed by atoms with E-state index in [1.807, 2.05) is 26.0 Å². The number of nitriles is 1. The van der Waals surface area contributed by atoms with Crippen molar-refractivity contribution in [3.8, 4) is 17.6 Å². The maximum absolute atomic E-state index is 11.8. The second kappa shape index (κ2) is 7.93. The van der Waals surface area contributed by atoms with Gasteiger partial charge in [0.2, 0.25) is 0 Å². The van der Waals surface area contributed by atoms with E-state index >= 15 is 0 Å².